The Hall–Kier alpha value is -1.42. The molecule has 1 atom stereocenters. The molecule has 0 heterocycles. The molecule has 4 heteroatoms. The summed E-state index contributed by atoms with van der Waals surface area (Å²) in [5, 5.41) is 0. The Bertz CT molecular complexity index is 366. The van der Waals surface area contributed by atoms with E-state index in [4.69, 9.17) is 19.9 Å². The van der Waals surface area contributed by atoms with Crippen LogP contribution >= 0.6 is 0 Å². The van der Waals surface area contributed by atoms with Gasteiger partial charge in [-0.15, -0.1) is 0 Å². The first-order valence-corrected chi connectivity index (χ1v) is 5.65. The standard InChI is InChI=1S/C13H21NO3/c1-9(8-14)5-10-6-12(16-3)13(17-4)7-11(10)15-2/h6-7,9H,5,8,14H2,1-4H3. The SMILES string of the molecule is COc1cc(OC)c(OC)cc1CC(C)CN. The first-order chi connectivity index (χ1) is 8.15. The van der Waals surface area contributed by atoms with Crippen LogP contribution in [-0.4, -0.2) is 27.9 Å². The Morgan fingerprint density at radius 2 is 1.53 bits per heavy atom. The lowest BCUT2D eigenvalue weighted by atomic mass is 10.00. The van der Waals surface area contributed by atoms with Gasteiger partial charge in [0, 0.05) is 6.07 Å². The average Bonchev–Trinajstić information content (AvgIpc) is 2.37. The summed E-state index contributed by atoms with van der Waals surface area (Å²) in [6.07, 6.45) is 0.861. The quantitative estimate of drug-likeness (QED) is 0.823. The van der Waals surface area contributed by atoms with Gasteiger partial charge in [-0.05, 0) is 30.5 Å². The zero-order valence-electron chi connectivity index (χ0n) is 10.9. The number of nitrogens with two attached hydrogens (primary N) is 1. The second-order valence-corrected chi connectivity index (χ2v) is 4.06. The minimum Gasteiger partial charge on any atom is -0.496 e. The van der Waals surface area contributed by atoms with Crippen molar-refractivity contribution in [2.24, 2.45) is 11.7 Å². The van der Waals surface area contributed by atoms with Crippen LogP contribution in [-0.2, 0) is 6.42 Å². The molecule has 0 spiro atoms. The van der Waals surface area contributed by atoms with Crippen molar-refractivity contribution in [2.45, 2.75) is 13.3 Å². The van der Waals surface area contributed by atoms with E-state index in [1.54, 1.807) is 21.3 Å². The molecule has 0 bridgehead atoms. The molecule has 1 aromatic rings. The van der Waals surface area contributed by atoms with Crippen molar-refractivity contribution in [3.63, 3.8) is 0 Å². The molecule has 0 aliphatic rings. The van der Waals surface area contributed by atoms with Crippen molar-refractivity contribution >= 4 is 0 Å². The second-order valence-electron chi connectivity index (χ2n) is 4.06. The fourth-order valence-corrected chi connectivity index (χ4v) is 1.71. The molecule has 1 rings (SSSR count). The fraction of sp³-hybridized carbons (Fsp3) is 0.538. The van der Waals surface area contributed by atoms with Gasteiger partial charge in [-0.25, -0.2) is 0 Å². The van der Waals surface area contributed by atoms with E-state index >= 15 is 0 Å². The van der Waals surface area contributed by atoms with Gasteiger partial charge in [0.1, 0.15) is 5.75 Å². The van der Waals surface area contributed by atoms with Crippen LogP contribution in [0.15, 0.2) is 12.1 Å². The minimum absolute atomic E-state index is 0.405. The summed E-state index contributed by atoms with van der Waals surface area (Å²) >= 11 is 0. The molecule has 0 fully saturated rings. The number of rotatable bonds is 6. The van der Waals surface area contributed by atoms with Gasteiger partial charge in [-0.3, -0.25) is 0 Å². The molecule has 0 aliphatic heterocycles. The molecule has 4 nitrogen and oxygen atoms in total. The predicted octanol–water partition coefficient (Wildman–Crippen LogP) is 1.85. The van der Waals surface area contributed by atoms with Crippen LogP contribution in [0.3, 0.4) is 0 Å². The number of hydrogen-bond acceptors (Lipinski definition) is 4. The van der Waals surface area contributed by atoms with Gasteiger partial charge in [-0.2, -0.15) is 0 Å². The molecule has 0 aromatic heterocycles. The highest BCUT2D eigenvalue weighted by atomic mass is 16.5. The molecule has 1 aromatic carbocycles. The van der Waals surface area contributed by atoms with E-state index in [9.17, 15) is 0 Å². The van der Waals surface area contributed by atoms with Gasteiger partial charge >= 0.3 is 0 Å². The van der Waals surface area contributed by atoms with Crippen LogP contribution < -0.4 is 19.9 Å². The molecule has 0 radical (unpaired) electrons. The highest BCUT2D eigenvalue weighted by molar-refractivity contribution is 5.50. The van der Waals surface area contributed by atoms with Crippen LogP contribution in [0.2, 0.25) is 0 Å². The smallest absolute Gasteiger partial charge is 0.164 e. The molecule has 0 amide bonds. The highest BCUT2D eigenvalue weighted by Crippen LogP contribution is 2.35. The summed E-state index contributed by atoms with van der Waals surface area (Å²) in [6, 6.07) is 3.79. The lowest BCUT2D eigenvalue weighted by molar-refractivity contribution is 0.346. The fourth-order valence-electron chi connectivity index (χ4n) is 1.71. The highest BCUT2D eigenvalue weighted by Gasteiger charge is 2.13. The second kappa shape index (κ2) is 6.35. The van der Waals surface area contributed by atoms with E-state index in [1.807, 2.05) is 12.1 Å². The Balaban J connectivity index is 3.09. The van der Waals surface area contributed by atoms with E-state index in [-0.39, 0.29) is 0 Å². The van der Waals surface area contributed by atoms with E-state index in [1.165, 1.54) is 0 Å². The molecule has 0 saturated carbocycles. The molecule has 17 heavy (non-hydrogen) atoms. The van der Waals surface area contributed by atoms with Gasteiger partial charge in [0.2, 0.25) is 0 Å². The zero-order chi connectivity index (χ0) is 12.8. The maximum atomic E-state index is 5.64. The summed E-state index contributed by atoms with van der Waals surface area (Å²) in [5.74, 6) is 2.60. The molecular weight excluding hydrogens is 218 g/mol. The predicted molar refractivity (Wildman–Crippen MR) is 68.0 cm³/mol. The molecule has 0 aliphatic carbocycles. The number of hydrogen-bond donors (Lipinski definition) is 1. The zero-order valence-corrected chi connectivity index (χ0v) is 10.9. The lowest BCUT2D eigenvalue weighted by Crippen LogP contribution is -2.13. The molecule has 96 valence electrons. The Morgan fingerprint density at radius 3 is 2.00 bits per heavy atom. The van der Waals surface area contributed by atoms with Crippen LogP contribution in [0.4, 0.5) is 0 Å². The summed E-state index contributed by atoms with van der Waals surface area (Å²) in [7, 11) is 4.89. The summed E-state index contributed by atoms with van der Waals surface area (Å²) in [4.78, 5) is 0. The largest absolute Gasteiger partial charge is 0.496 e. The van der Waals surface area contributed by atoms with Crippen molar-refractivity contribution in [3.8, 4) is 17.2 Å². The van der Waals surface area contributed by atoms with Crippen LogP contribution in [0.1, 0.15) is 12.5 Å². The Kier molecular flexibility index (Phi) is 5.10. The normalized spacial score (nSPS) is 12.1. The molecule has 2 N–H and O–H groups in total. The van der Waals surface area contributed by atoms with E-state index in [2.05, 4.69) is 6.92 Å². The summed E-state index contributed by atoms with van der Waals surface area (Å²) in [6.45, 7) is 2.76. The van der Waals surface area contributed by atoms with Crippen LogP contribution in [0, 0.1) is 5.92 Å². The van der Waals surface area contributed by atoms with Gasteiger partial charge in [-0.1, -0.05) is 6.92 Å². The molecular formula is C13H21NO3. The van der Waals surface area contributed by atoms with Crippen molar-refractivity contribution in [2.75, 3.05) is 27.9 Å². The summed E-state index contributed by atoms with van der Waals surface area (Å²) in [5.41, 5.74) is 6.73. The van der Waals surface area contributed by atoms with Crippen molar-refractivity contribution in [3.05, 3.63) is 17.7 Å². The Morgan fingerprint density at radius 1 is 1.00 bits per heavy atom. The minimum atomic E-state index is 0.405. The first-order valence-electron chi connectivity index (χ1n) is 5.65. The third-order valence-electron chi connectivity index (χ3n) is 2.76. The van der Waals surface area contributed by atoms with E-state index in [0.29, 0.717) is 24.0 Å². The lowest BCUT2D eigenvalue weighted by Gasteiger charge is -2.16. The van der Waals surface area contributed by atoms with Crippen LogP contribution in [0.5, 0.6) is 17.2 Å². The summed E-state index contributed by atoms with van der Waals surface area (Å²) < 4.78 is 15.9. The topological polar surface area (TPSA) is 53.7 Å². The number of benzene rings is 1. The average molecular weight is 239 g/mol. The number of methoxy groups -OCH3 is 3. The molecule has 1 unspecified atom stereocenters. The van der Waals surface area contributed by atoms with Crippen LogP contribution in [0.25, 0.3) is 0 Å². The maximum absolute atomic E-state index is 5.64. The van der Waals surface area contributed by atoms with Gasteiger partial charge < -0.3 is 19.9 Å². The number of ether oxygens (including phenoxy) is 3. The van der Waals surface area contributed by atoms with Crippen molar-refractivity contribution in [1.82, 2.24) is 0 Å². The monoisotopic (exact) mass is 239 g/mol. The van der Waals surface area contributed by atoms with Gasteiger partial charge in [0.05, 0.1) is 21.3 Å². The van der Waals surface area contributed by atoms with E-state index < -0.39 is 0 Å². The van der Waals surface area contributed by atoms with Gasteiger partial charge in [0.25, 0.3) is 0 Å². The first kappa shape index (κ1) is 13.6. The third-order valence-corrected chi connectivity index (χ3v) is 2.76. The third kappa shape index (κ3) is 3.27. The molecule has 0 saturated heterocycles. The van der Waals surface area contributed by atoms with E-state index in [0.717, 1.165) is 17.7 Å². The van der Waals surface area contributed by atoms with Crippen molar-refractivity contribution in [1.29, 1.82) is 0 Å². The van der Waals surface area contributed by atoms with Crippen molar-refractivity contribution < 1.29 is 14.2 Å². The van der Waals surface area contributed by atoms with Gasteiger partial charge in [0.15, 0.2) is 11.5 Å². The Labute approximate surface area is 103 Å². The maximum Gasteiger partial charge on any atom is 0.164 e.